The maximum absolute atomic E-state index is 12.9. The SMILES string of the molecule is CCCCN1C(=O)c2cccc3c(-c4cc(C(F)(F)F)[nH]n4)ccc(c23)C1=O. The highest BCUT2D eigenvalue weighted by atomic mass is 19.4. The number of nitrogens with one attached hydrogen (secondary N) is 1. The van der Waals surface area contributed by atoms with Crippen molar-refractivity contribution in [3.05, 3.63) is 53.2 Å². The average Bonchev–Trinajstić information content (AvgIpc) is 3.16. The van der Waals surface area contributed by atoms with Crippen molar-refractivity contribution in [2.75, 3.05) is 6.54 Å². The van der Waals surface area contributed by atoms with Gasteiger partial charge >= 0.3 is 6.18 Å². The number of aromatic nitrogens is 2. The molecular weight excluding hydrogens is 371 g/mol. The summed E-state index contributed by atoms with van der Waals surface area (Å²) < 4.78 is 38.7. The van der Waals surface area contributed by atoms with Crippen molar-refractivity contribution in [2.45, 2.75) is 25.9 Å². The molecule has 0 atom stereocenters. The van der Waals surface area contributed by atoms with Gasteiger partial charge in [0.2, 0.25) is 0 Å². The van der Waals surface area contributed by atoms with Crippen molar-refractivity contribution in [2.24, 2.45) is 0 Å². The van der Waals surface area contributed by atoms with E-state index in [0.717, 1.165) is 12.5 Å². The molecular formula is C20H16F3N3O2. The summed E-state index contributed by atoms with van der Waals surface area (Å²) in [6.07, 6.45) is -2.99. The first-order chi connectivity index (χ1) is 13.3. The van der Waals surface area contributed by atoms with Crippen LogP contribution in [-0.2, 0) is 6.18 Å². The fourth-order valence-electron chi connectivity index (χ4n) is 3.49. The molecule has 2 heterocycles. The van der Waals surface area contributed by atoms with Crippen molar-refractivity contribution in [1.29, 1.82) is 0 Å². The molecule has 0 saturated carbocycles. The summed E-state index contributed by atoms with van der Waals surface area (Å²) in [7, 11) is 0. The number of amides is 2. The highest BCUT2D eigenvalue weighted by Gasteiger charge is 2.35. The van der Waals surface area contributed by atoms with E-state index in [-0.39, 0.29) is 17.5 Å². The number of carbonyl (C=O) groups is 2. The predicted octanol–water partition coefficient (Wildman–Crippen LogP) is 4.64. The first-order valence-corrected chi connectivity index (χ1v) is 8.88. The molecule has 2 amide bonds. The quantitative estimate of drug-likeness (QED) is 0.663. The van der Waals surface area contributed by atoms with Gasteiger partial charge in [-0.05, 0) is 30.0 Å². The molecule has 1 aliphatic heterocycles. The molecule has 0 spiro atoms. The molecule has 8 heteroatoms. The zero-order valence-corrected chi connectivity index (χ0v) is 14.9. The van der Waals surface area contributed by atoms with Crippen LogP contribution in [0.4, 0.5) is 13.2 Å². The Balaban J connectivity index is 1.88. The van der Waals surface area contributed by atoms with E-state index in [1.807, 2.05) is 12.0 Å². The molecule has 0 saturated heterocycles. The van der Waals surface area contributed by atoms with Gasteiger partial charge in [0.25, 0.3) is 11.8 Å². The van der Waals surface area contributed by atoms with E-state index in [0.29, 0.717) is 40.4 Å². The number of unbranched alkanes of at least 4 members (excludes halogenated alkanes) is 1. The molecule has 4 rings (SSSR count). The number of H-pyrrole nitrogens is 1. The summed E-state index contributed by atoms with van der Waals surface area (Å²) in [4.78, 5) is 26.9. The Labute approximate surface area is 158 Å². The number of nitrogens with zero attached hydrogens (tertiary/aromatic N) is 2. The van der Waals surface area contributed by atoms with Crippen LogP contribution in [0.25, 0.3) is 22.0 Å². The molecule has 0 bridgehead atoms. The second-order valence-corrected chi connectivity index (χ2v) is 6.67. The second kappa shape index (κ2) is 6.47. The van der Waals surface area contributed by atoms with Crippen LogP contribution in [0.15, 0.2) is 36.4 Å². The number of halogens is 3. The number of aromatic amines is 1. The standard InChI is InChI=1S/C20H16F3N3O2/c1-2-3-9-26-18(27)13-6-4-5-12-11(7-8-14(17(12)13)19(26)28)15-10-16(25-24-15)20(21,22)23/h4-8,10H,2-3,9H2,1H3,(H,24,25). The van der Waals surface area contributed by atoms with Crippen molar-refractivity contribution >= 4 is 22.6 Å². The molecule has 144 valence electrons. The number of alkyl halides is 3. The van der Waals surface area contributed by atoms with Gasteiger partial charge in [0.05, 0.1) is 5.69 Å². The predicted molar refractivity (Wildman–Crippen MR) is 96.8 cm³/mol. The van der Waals surface area contributed by atoms with Gasteiger partial charge in [0.15, 0.2) is 0 Å². The average molecular weight is 387 g/mol. The summed E-state index contributed by atoms with van der Waals surface area (Å²) in [6, 6.07) is 9.02. The van der Waals surface area contributed by atoms with Gasteiger partial charge in [-0.15, -0.1) is 0 Å². The minimum Gasteiger partial charge on any atom is -0.274 e. The first kappa shape index (κ1) is 18.2. The molecule has 0 unspecified atom stereocenters. The fourth-order valence-corrected chi connectivity index (χ4v) is 3.49. The van der Waals surface area contributed by atoms with Crippen LogP contribution < -0.4 is 0 Å². The van der Waals surface area contributed by atoms with Crippen LogP contribution in [0.5, 0.6) is 0 Å². The van der Waals surface area contributed by atoms with Crippen LogP contribution in [0.2, 0.25) is 0 Å². The Morgan fingerprint density at radius 3 is 2.36 bits per heavy atom. The monoisotopic (exact) mass is 387 g/mol. The van der Waals surface area contributed by atoms with E-state index in [2.05, 4.69) is 5.10 Å². The van der Waals surface area contributed by atoms with E-state index in [9.17, 15) is 22.8 Å². The summed E-state index contributed by atoms with van der Waals surface area (Å²) >= 11 is 0. The molecule has 5 nitrogen and oxygen atoms in total. The molecule has 0 fully saturated rings. The molecule has 0 aliphatic carbocycles. The third-order valence-corrected chi connectivity index (χ3v) is 4.89. The third-order valence-electron chi connectivity index (χ3n) is 4.89. The highest BCUT2D eigenvalue weighted by molar-refractivity contribution is 6.26. The van der Waals surface area contributed by atoms with Gasteiger partial charge in [-0.2, -0.15) is 18.3 Å². The normalized spacial score (nSPS) is 14.2. The lowest BCUT2D eigenvalue weighted by Gasteiger charge is -2.27. The zero-order chi connectivity index (χ0) is 20.1. The van der Waals surface area contributed by atoms with E-state index >= 15 is 0 Å². The van der Waals surface area contributed by atoms with E-state index in [1.165, 1.54) is 4.90 Å². The van der Waals surface area contributed by atoms with E-state index in [4.69, 9.17) is 0 Å². The Hall–Kier alpha value is -3.16. The topological polar surface area (TPSA) is 66.1 Å². The van der Waals surface area contributed by atoms with Gasteiger partial charge < -0.3 is 0 Å². The van der Waals surface area contributed by atoms with Crippen LogP contribution in [-0.4, -0.2) is 33.5 Å². The Kier molecular flexibility index (Phi) is 4.21. The van der Waals surface area contributed by atoms with Crippen LogP contribution in [0.1, 0.15) is 46.2 Å². The lowest BCUT2D eigenvalue weighted by atomic mass is 9.90. The maximum Gasteiger partial charge on any atom is 0.432 e. The van der Waals surface area contributed by atoms with Crippen molar-refractivity contribution in [1.82, 2.24) is 15.1 Å². The van der Waals surface area contributed by atoms with E-state index < -0.39 is 11.9 Å². The maximum atomic E-state index is 12.9. The second-order valence-electron chi connectivity index (χ2n) is 6.67. The first-order valence-electron chi connectivity index (χ1n) is 8.88. The molecule has 2 aromatic carbocycles. The lowest BCUT2D eigenvalue weighted by Crippen LogP contribution is -2.40. The Morgan fingerprint density at radius 2 is 1.71 bits per heavy atom. The van der Waals surface area contributed by atoms with E-state index in [1.54, 1.807) is 30.3 Å². The van der Waals surface area contributed by atoms with Gasteiger partial charge in [0, 0.05) is 28.6 Å². The Morgan fingerprint density at radius 1 is 1.04 bits per heavy atom. The fraction of sp³-hybridized carbons (Fsp3) is 0.250. The Bertz CT molecular complexity index is 1080. The number of rotatable bonds is 4. The number of hydrogen-bond acceptors (Lipinski definition) is 3. The largest absolute Gasteiger partial charge is 0.432 e. The van der Waals surface area contributed by atoms with Crippen molar-refractivity contribution in [3.63, 3.8) is 0 Å². The van der Waals surface area contributed by atoms with Gasteiger partial charge in [-0.1, -0.05) is 31.5 Å². The summed E-state index contributed by atoms with van der Waals surface area (Å²) in [6.45, 7) is 2.30. The third kappa shape index (κ3) is 2.76. The minimum atomic E-state index is -4.54. The lowest BCUT2D eigenvalue weighted by molar-refractivity contribution is -0.141. The summed E-state index contributed by atoms with van der Waals surface area (Å²) in [5.41, 5.74) is 0.313. The number of benzene rings is 2. The molecule has 1 aliphatic rings. The van der Waals surface area contributed by atoms with Crippen molar-refractivity contribution < 1.29 is 22.8 Å². The summed E-state index contributed by atoms with van der Waals surface area (Å²) in [5, 5.41) is 6.75. The van der Waals surface area contributed by atoms with Gasteiger partial charge in [0.1, 0.15) is 5.69 Å². The number of carbonyl (C=O) groups excluding carboxylic acids is 2. The molecule has 1 aromatic heterocycles. The molecule has 3 aromatic rings. The van der Waals surface area contributed by atoms with Crippen LogP contribution >= 0.6 is 0 Å². The number of imide groups is 1. The highest BCUT2D eigenvalue weighted by Crippen LogP contribution is 2.37. The zero-order valence-electron chi connectivity index (χ0n) is 14.9. The molecule has 28 heavy (non-hydrogen) atoms. The minimum absolute atomic E-state index is 0.101. The van der Waals surface area contributed by atoms with Crippen molar-refractivity contribution in [3.8, 4) is 11.3 Å². The summed E-state index contributed by atoms with van der Waals surface area (Å²) in [5.74, 6) is -0.765. The van der Waals surface area contributed by atoms with Gasteiger partial charge in [-0.25, -0.2) is 0 Å². The number of hydrogen-bond donors (Lipinski definition) is 1. The smallest absolute Gasteiger partial charge is 0.274 e. The van der Waals surface area contributed by atoms with Crippen LogP contribution in [0, 0.1) is 0 Å². The van der Waals surface area contributed by atoms with Crippen LogP contribution in [0.3, 0.4) is 0 Å². The molecule has 0 radical (unpaired) electrons. The van der Waals surface area contributed by atoms with Gasteiger partial charge in [-0.3, -0.25) is 19.6 Å². The molecule has 1 N–H and O–H groups in total.